The smallest absolute Gasteiger partial charge is 0.249 e. The number of carbonyl (C=O) groups is 2. The number of ether oxygens (including phenoxy) is 2. The third kappa shape index (κ3) is 5.68. The normalized spacial score (nSPS) is 13.7. The zero-order chi connectivity index (χ0) is 29.9. The molecule has 4 aromatic rings. The molecule has 1 aliphatic rings. The van der Waals surface area contributed by atoms with Crippen molar-refractivity contribution in [3.05, 3.63) is 77.4 Å². The van der Waals surface area contributed by atoms with Crippen LogP contribution in [-0.4, -0.2) is 46.6 Å². The summed E-state index contributed by atoms with van der Waals surface area (Å²) in [5, 5.41) is 11.7. The summed E-state index contributed by atoms with van der Waals surface area (Å²) in [5.41, 5.74) is 4.49. The summed E-state index contributed by atoms with van der Waals surface area (Å²) in [7, 11) is 3.10. The molecule has 9 heteroatoms. The highest BCUT2D eigenvalue weighted by Gasteiger charge is 2.39. The molecule has 5 rings (SSSR count). The Morgan fingerprint density at radius 2 is 1.76 bits per heavy atom. The van der Waals surface area contributed by atoms with E-state index in [1.54, 1.807) is 29.9 Å². The van der Waals surface area contributed by atoms with Crippen molar-refractivity contribution in [2.45, 2.75) is 71.0 Å². The third-order valence-corrected chi connectivity index (χ3v) is 8.18. The van der Waals surface area contributed by atoms with Gasteiger partial charge in [0.05, 0.1) is 19.7 Å². The average molecular weight is 570 g/mol. The van der Waals surface area contributed by atoms with Crippen LogP contribution in [0.25, 0.3) is 11.0 Å². The minimum atomic E-state index is -1.04. The predicted molar refractivity (Wildman–Crippen MR) is 163 cm³/mol. The Balaban J connectivity index is 1.72. The van der Waals surface area contributed by atoms with Crippen molar-refractivity contribution in [2.75, 3.05) is 19.1 Å². The number of fused-ring (bicyclic) bond motifs is 2. The number of carbonyl (C=O) groups excluding carboxylic acids is 2. The summed E-state index contributed by atoms with van der Waals surface area (Å²) < 4.78 is 13.0. The number of aryl methyl sites for hydroxylation is 1. The number of rotatable bonds is 10. The summed E-state index contributed by atoms with van der Waals surface area (Å²) in [6.45, 7) is 5.87. The van der Waals surface area contributed by atoms with Crippen LogP contribution < -0.4 is 19.7 Å². The topological polar surface area (TPSA) is 98.6 Å². The summed E-state index contributed by atoms with van der Waals surface area (Å²) in [5.74, 6) is 0.290. The number of para-hydroxylation sites is 2. The maximum Gasteiger partial charge on any atom is 0.249 e. The van der Waals surface area contributed by atoms with Gasteiger partial charge in [0.15, 0.2) is 11.5 Å². The van der Waals surface area contributed by atoms with Crippen LogP contribution in [0.5, 0.6) is 11.5 Å². The molecule has 9 nitrogen and oxygen atoms in total. The molecule has 0 saturated carbocycles. The molecule has 0 spiro atoms. The zero-order valence-corrected chi connectivity index (χ0v) is 25.0. The minimum Gasteiger partial charge on any atom is -0.493 e. The van der Waals surface area contributed by atoms with Gasteiger partial charge in [-0.2, -0.15) is 0 Å². The molecule has 42 heavy (non-hydrogen) atoms. The standard InChI is InChI=1S/C33H39N5O4/c1-6-33(2,3)34-32(40)30(24-16-12-20-28(41-4)31(24)42-5)38(26-19-11-14-22-13-7-8-15-23(22)26)29(39)21-37-27-18-10-9-17-25(27)35-36-37/h9-12,14,16-20,30H,6-8,13,15,21H2,1-5H3,(H,34,40)/t30-/m0/s1. The fraction of sp³-hybridized carbons (Fsp3) is 0.394. The number of benzene rings is 3. The molecular weight excluding hydrogens is 530 g/mol. The molecule has 0 unspecified atom stereocenters. The van der Waals surface area contributed by atoms with E-state index in [-0.39, 0.29) is 18.4 Å². The fourth-order valence-corrected chi connectivity index (χ4v) is 5.66. The lowest BCUT2D eigenvalue weighted by Crippen LogP contribution is -2.51. The molecular formula is C33H39N5O4. The van der Waals surface area contributed by atoms with E-state index in [0.717, 1.165) is 42.5 Å². The Morgan fingerprint density at radius 1 is 1.00 bits per heavy atom. The van der Waals surface area contributed by atoms with Gasteiger partial charge in [-0.15, -0.1) is 5.10 Å². The van der Waals surface area contributed by atoms with E-state index in [4.69, 9.17) is 9.47 Å². The minimum absolute atomic E-state index is 0.0998. The Morgan fingerprint density at radius 3 is 2.52 bits per heavy atom. The number of hydrogen-bond donors (Lipinski definition) is 1. The lowest BCUT2D eigenvalue weighted by atomic mass is 9.89. The Hall–Kier alpha value is -4.40. The van der Waals surface area contributed by atoms with Crippen molar-refractivity contribution in [2.24, 2.45) is 0 Å². The lowest BCUT2D eigenvalue weighted by Gasteiger charge is -2.37. The van der Waals surface area contributed by atoms with Crippen LogP contribution in [0.3, 0.4) is 0 Å². The van der Waals surface area contributed by atoms with Gasteiger partial charge in [-0.25, -0.2) is 4.68 Å². The van der Waals surface area contributed by atoms with Gasteiger partial charge in [0.1, 0.15) is 18.1 Å². The summed E-state index contributed by atoms with van der Waals surface area (Å²) in [6.07, 6.45) is 4.57. The second-order valence-electron chi connectivity index (χ2n) is 11.3. The first kappa shape index (κ1) is 29.1. The molecule has 0 saturated heterocycles. The molecule has 3 aromatic carbocycles. The average Bonchev–Trinajstić information content (AvgIpc) is 3.41. The van der Waals surface area contributed by atoms with Crippen LogP contribution in [-0.2, 0) is 29.0 Å². The van der Waals surface area contributed by atoms with Gasteiger partial charge < -0.3 is 14.8 Å². The van der Waals surface area contributed by atoms with E-state index in [1.807, 2.05) is 69.3 Å². The highest BCUT2D eigenvalue weighted by molar-refractivity contribution is 6.03. The Bertz CT molecular complexity index is 1590. The molecule has 0 fully saturated rings. The van der Waals surface area contributed by atoms with E-state index in [1.165, 1.54) is 5.56 Å². The van der Waals surface area contributed by atoms with Crippen molar-refractivity contribution in [3.63, 3.8) is 0 Å². The SMILES string of the molecule is CCC(C)(C)NC(=O)[C@H](c1cccc(OC)c1OC)N(C(=O)Cn1nnc2ccccc21)c1cccc2c1CCCC2. The van der Waals surface area contributed by atoms with Crippen LogP contribution >= 0.6 is 0 Å². The first-order chi connectivity index (χ1) is 20.3. The van der Waals surface area contributed by atoms with Crippen molar-refractivity contribution in [3.8, 4) is 11.5 Å². The first-order valence-corrected chi connectivity index (χ1v) is 14.5. The van der Waals surface area contributed by atoms with Gasteiger partial charge in [-0.05, 0) is 81.3 Å². The molecule has 0 bridgehead atoms. The third-order valence-electron chi connectivity index (χ3n) is 8.18. The van der Waals surface area contributed by atoms with Gasteiger partial charge in [0.2, 0.25) is 11.8 Å². The highest BCUT2D eigenvalue weighted by Crippen LogP contribution is 2.41. The first-order valence-electron chi connectivity index (χ1n) is 14.5. The van der Waals surface area contributed by atoms with E-state index < -0.39 is 11.6 Å². The number of hydrogen-bond acceptors (Lipinski definition) is 6. The number of anilines is 1. The summed E-state index contributed by atoms with van der Waals surface area (Å²) in [4.78, 5) is 30.7. The number of aromatic nitrogens is 3. The van der Waals surface area contributed by atoms with Gasteiger partial charge in [-0.3, -0.25) is 14.5 Å². The van der Waals surface area contributed by atoms with Gasteiger partial charge in [0, 0.05) is 16.8 Å². The second kappa shape index (κ2) is 12.2. The Kier molecular flexibility index (Phi) is 8.47. The van der Waals surface area contributed by atoms with Crippen LogP contribution in [0.1, 0.15) is 62.8 Å². The summed E-state index contributed by atoms with van der Waals surface area (Å²) in [6, 6.07) is 17.9. The molecule has 1 aliphatic carbocycles. The summed E-state index contributed by atoms with van der Waals surface area (Å²) >= 11 is 0. The molecule has 220 valence electrons. The van der Waals surface area contributed by atoms with E-state index in [2.05, 4.69) is 21.7 Å². The van der Waals surface area contributed by atoms with E-state index in [9.17, 15) is 9.59 Å². The number of nitrogens with one attached hydrogen (secondary N) is 1. The molecule has 1 heterocycles. The van der Waals surface area contributed by atoms with E-state index >= 15 is 0 Å². The second-order valence-corrected chi connectivity index (χ2v) is 11.3. The maximum absolute atomic E-state index is 14.6. The number of nitrogens with zero attached hydrogens (tertiary/aromatic N) is 4. The maximum atomic E-state index is 14.6. The fourth-order valence-electron chi connectivity index (χ4n) is 5.66. The van der Waals surface area contributed by atoms with Crippen LogP contribution in [0.2, 0.25) is 0 Å². The lowest BCUT2D eigenvalue weighted by molar-refractivity contribution is -0.128. The van der Waals surface area contributed by atoms with Crippen LogP contribution in [0, 0.1) is 0 Å². The van der Waals surface area contributed by atoms with Crippen LogP contribution in [0.15, 0.2) is 60.7 Å². The molecule has 0 aliphatic heterocycles. The van der Waals surface area contributed by atoms with E-state index in [0.29, 0.717) is 29.0 Å². The predicted octanol–water partition coefficient (Wildman–Crippen LogP) is 5.41. The van der Waals surface area contributed by atoms with Gasteiger partial charge in [-0.1, -0.05) is 48.5 Å². The molecule has 1 atom stereocenters. The van der Waals surface area contributed by atoms with Gasteiger partial charge in [0.25, 0.3) is 0 Å². The van der Waals surface area contributed by atoms with Crippen molar-refractivity contribution in [1.82, 2.24) is 20.3 Å². The highest BCUT2D eigenvalue weighted by atomic mass is 16.5. The number of methoxy groups -OCH3 is 2. The van der Waals surface area contributed by atoms with Crippen molar-refractivity contribution < 1.29 is 19.1 Å². The zero-order valence-electron chi connectivity index (χ0n) is 25.0. The van der Waals surface area contributed by atoms with Gasteiger partial charge >= 0.3 is 0 Å². The number of amides is 2. The van der Waals surface area contributed by atoms with Crippen molar-refractivity contribution >= 4 is 28.5 Å². The quantitative estimate of drug-likeness (QED) is 0.274. The molecule has 1 N–H and O–H groups in total. The molecule has 2 amide bonds. The largest absolute Gasteiger partial charge is 0.493 e. The molecule has 1 aromatic heterocycles. The Labute approximate surface area is 246 Å². The van der Waals surface area contributed by atoms with Crippen LogP contribution in [0.4, 0.5) is 5.69 Å². The molecule has 0 radical (unpaired) electrons. The monoisotopic (exact) mass is 569 g/mol. The van der Waals surface area contributed by atoms with Crippen molar-refractivity contribution in [1.29, 1.82) is 0 Å².